The molecule has 0 fully saturated rings. The van der Waals surface area contributed by atoms with Crippen molar-refractivity contribution in [1.29, 1.82) is 0 Å². The molecular formula is C18H19NO3S. The molecule has 0 aliphatic carbocycles. The fraction of sp³-hybridized carbons (Fsp3) is 0.278. The van der Waals surface area contributed by atoms with Crippen LogP contribution in [0.3, 0.4) is 0 Å². The number of carbonyl (C=O) groups excluding carboxylic acids is 1. The van der Waals surface area contributed by atoms with Gasteiger partial charge in [-0.15, -0.1) is 11.8 Å². The fourth-order valence-electron chi connectivity index (χ4n) is 2.31. The summed E-state index contributed by atoms with van der Waals surface area (Å²) in [4.78, 5) is 15.0. The second-order valence-electron chi connectivity index (χ2n) is 5.33. The monoisotopic (exact) mass is 329 g/mol. The van der Waals surface area contributed by atoms with Crippen LogP contribution in [0.5, 0.6) is 11.5 Å². The number of nitrogens with zero attached hydrogens (tertiary/aromatic N) is 1. The Kier molecular flexibility index (Phi) is 5.08. The summed E-state index contributed by atoms with van der Waals surface area (Å²) < 4.78 is 11.1. The molecule has 0 atom stereocenters. The molecule has 1 aliphatic rings. The van der Waals surface area contributed by atoms with Crippen molar-refractivity contribution in [1.82, 2.24) is 4.90 Å². The molecule has 5 heteroatoms. The van der Waals surface area contributed by atoms with Gasteiger partial charge in [-0.05, 0) is 23.8 Å². The van der Waals surface area contributed by atoms with Crippen LogP contribution in [-0.2, 0) is 11.3 Å². The topological polar surface area (TPSA) is 38.8 Å². The highest BCUT2D eigenvalue weighted by Crippen LogP contribution is 2.34. The van der Waals surface area contributed by atoms with Crippen molar-refractivity contribution in [2.45, 2.75) is 11.4 Å². The third-order valence-corrected chi connectivity index (χ3v) is 4.54. The van der Waals surface area contributed by atoms with E-state index in [1.54, 1.807) is 4.90 Å². The summed E-state index contributed by atoms with van der Waals surface area (Å²) in [7, 11) is 1.83. The van der Waals surface area contributed by atoms with Crippen LogP contribution in [0.1, 0.15) is 5.56 Å². The maximum absolute atomic E-state index is 12.3. The van der Waals surface area contributed by atoms with E-state index in [9.17, 15) is 4.79 Å². The Labute approximate surface area is 140 Å². The zero-order valence-electron chi connectivity index (χ0n) is 13.0. The number of amides is 1. The van der Waals surface area contributed by atoms with Gasteiger partial charge >= 0.3 is 0 Å². The Bertz CT molecular complexity index is 675. The van der Waals surface area contributed by atoms with E-state index in [4.69, 9.17) is 9.47 Å². The Balaban J connectivity index is 1.54. The summed E-state index contributed by atoms with van der Waals surface area (Å²) in [5, 5.41) is 0. The number of hydrogen-bond donors (Lipinski definition) is 0. The average molecular weight is 329 g/mol. The molecule has 4 nitrogen and oxygen atoms in total. The van der Waals surface area contributed by atoms with Crippen LogP contribution in [0.2, 0.25) is 0 Å². The molecule has 0 spiro atoms. The minimum atomic E-state index is 0.105. The molecule has 3 rings (SSSR count). The van der Waals surface area contributed by atoms with E-state index in [1.165, 1.54) is 11.8 Å². The molecule has 0 unspecified atom stereocenters. The predicted molar refractivity (Wildman–Crippen MR) is 91.1 cm³/mol. The van der Waals surface area contributed by atoms with Gasteiger partial charge in [0, 0.05) is 18.5 Å². The van der Waals surface area contributed by atoms with Crippen LogP contribution in [0.15, 0.2) is 53.4 Å². The smallest absolute Gasteiger partial charge is 0.232 e. The lowest BCUT2D eigenvalue weighted by molar-refractivity contribution is -0.127. The van der Waals surface area contributed by atoms with Crippen molar-refractivity contribution >= 4 is 17.7 Å². The van der Waals surface area contributed by atoms with E-state index >= 15 is 0 Å². The van der Waals surface area contributed by atoms with Crippen molar-refractivity contribution in [3.05, 3.63) is 54.1 Å². The first-order valence-corrected chi connectivity index (χ1v) is 8.51. The number of hydrogen-bond acceptors (Lipinski definition) is 4. The third kappa shape index (κ3) is 4.20. The van der Waals surface area contributed by atoms with Crippen LogP contribution in [0.4, 0.5) is 0 Å². The van der Waals surface area contributed by atoms with E-state index in [0.717, 1.165) is 22.0 Å². The molecule has 23 heavy (non-hydrogen) atoms. The van der Waals surface area contributed by atoms with Crippen LogP contribution < -0.4 is 9.47 Å². The Hall–Kier alpha value is -2.14. The third-order valence-electron chi connectivity index (χ3n) is 3.56. The number of thioether (sulfide) groups is 1. The summed E-state index contributed by atoms with van der Waals surface area (Å²) in [6.07, 6.45) is 0. The standard InChI is InChI=1S/C18H19NO3S/c1-19(12-14-5-3-2-4-6-14)18(20)13-23-15-7-8-16-17(11-15)22-10-9-21-16/h2-8,11H,9-10,12-13H2,1H3. The molecule has 2 aromatic rings. The summed E-state index contributed by atoms with van der Waals surface area (Å²) in [6.45, 7) is 1.78. The number of fused-ring (bicyclic) bond motifs is 1. The number of carbonyl (C=O) groups is 1. The van der Waals surface area contributed by atoms with Crippen molar-refractivity contribution in [2.24, 2.45) is 0 Å². The van der Waals surface area contributed by atoms with Crippen molar-refractivity contribution in [2.75, 3.05) is 26.0 Å². The maximum Gasteiger partial charge on any atom is 0.232 e. The molecule has 0 bridgehead atoms. The highest BCUT2D eigenvalue weighted by molar-refractivity contribution is 8.00. The van der Waals surface area contributed by atoms with Crippen LogP contribution >= 0.6 is 11.8 Å². The lowest BCUT2D eigenvalue weighted by atomic mass is 10.2. The van der Waals surface area contributed by atoms with Gasteiger partial charge in [0.15, 0.2) is 11.5 Å². The first kappa shape index (κ1) is 15.7. The molecular weight excluding hydrogens is 310 g/mol. The van der Waals surface area contributed by atoms with E-state index in [2.05, 4.69) is 0 Å². The minimum absolute atomic E-state index is 0.105. The second-order valence-corrected chi connectivity index (χ2v) is 6.38. The summed E-state index contributed by atoms with van der Waals surface area (Å²) in [6, 6.07) is 15.8. The normalized spacial score (nSPS) is 12.7. The molecule has 1 aliphatic heterocycles. The Morgan fingerprint density at radius 1 is 1.09 bits per heavy atom. The molecule has 1 amide bonds. The minimum Gasteiger partial charge on any atom is -0.486 e. The average Bonchev–Trinajstić information content (AvgIpc) is 2.60. The Morgan fingerprint density at radius 3 is 2.61 bits per heavy atom. The van der Waals surface area contributed by atoms with Gasteiger partial charge in [-0.3, -0.25) is 4.79 Å². The fourth-order valence-corrected chi connectivity index (χ4v) is 3.18. The summed E-state index contributed by atoms with van der Waals surface area (Å²) in [5.74, 6) is 2.04. The highest BCUT2D eigenvalue weighted by atomic mass is 32.2. The zero-order valence-corrected chi connectivity index (χ0v) is 13.8. The quantitative estimate of drug-likeness (QED) is 0.790. The molecule has 120 valence electrons. The summed E-state index contributed by atoms with van der Waals surface area (Å²) >= 11 is 1.51. The maximum atomic E-state index is 12.3. The van der Waals surface area contributed by atoms with Gasteiger partial charge in [-0.1, -0.05) is 30.3 Å². The molecule has 0 saturated carbocycles. The largest absolute Gasteiger partial charge is 0.486 e. The van der Waals surface area contributed by atoms with E-state index < -0.39 is 0 Å². The first-order chi connectivity index (χ1) is 11.2. The van der Waals surface area contributed by atoms with Crippen LogP contribution in [-0.4, -0.2) is 36.8 Å². The molecule has 0 radical (unpaired) electrons. The lowest BCUT2D eigenvalue weighted by Gasteiger charge is -2.19. The van der Waals surface area contributed by atoms with E-state index in [0.29, 0.717) is 25.5 Å². The van der Waals surface area contributed by atoms with E-state index in [-0.39, 0.29) is 5.91 Å². The van der Waals surface area contributed by atoms with Crippen molar-refractivity contribution in [3.8, 4) is 11.5 Å². The highest BCUT2D eigenvalue weighted by Gasteiger charge is 2.14. The zero-order chi connectivity index (χ0) is 16.1. The predicted octanol–water partition coefficient (Wildman–Crippen LogP) is 3.21. The molecule has 0 saturated heterocycles. The number of rotatable bonds is 5. The molecule has 0 N–H and O–H groups in total. The van der Waals surface area contributed by atoms with Gasteiger partial charge in [0.2, 0.25) is 5.91 Å². The van der Waals surface area contributed by atoms with Gasteiger partial charge in [0.05, 0.1) is 5.75 Å². The van der Waals surface area contributed by atoms with Crippen LogP contribution in [0, 0.1) is 0 Å². The number of benzene rings is 2. The Morgan fingerprint density at radius 2 is 1.83 bits per heavy atom. The van der Waals surface area contributed by atoms with Gasteiger partial charge in [-0.2, -0.15) is 0 Å². The van der Waals surface area contributed by atoms with Crippen molar-refractivity contribution < 1.29 is 14.3 Å². The van der Waals surface area contributed by atoms with Gasteiger partial charge in [0.25, 0.3) is 0 Å². The van der Waals surface area contributed by atoms with Gasteiger partial charge < -0.3 is 14.4 Å². The van der Waals surface area contributed by atoms with Gasteiger partial charge in [-0.25, -0.2) is 0 Å². The SMILES string of the molecule is CN(Cc1ccccc1)C(=O)CSc1ccc2c(c1)OCCO2. The van der Waals surface area contributed by atoms with Gasteiger partial charge in [0.1, 0.15) is 13.2 Å². The van der Waals surface area contributed by atoms with E-state index in [1.807, 2.05) is 55.6 Å². The van der Waals surface area contributed by atoms with Crippen LogP contribution in [0.25, 0.3) is 0 Å². The number of ether oxygens (including phenoxy) is 2. The molecule has 0 aromatic heterocycles. The summed E-state index contributed by atoms with van der Waals surface area (Å²) in [5.41, 5.74) is 1.13. The second kappa shape index (κ2) is 7.42. The molecule has 1 heterocycles. The van der Waals surface area contributed by atoms with Crippen molar-refractivity contribution in [3.63, 3.8) is 0 Å². The molecule has 2 aromatic carbocycles. The lowest BCUT2D eigenvalue weighted by Crippen LogP contribution is -2.27. The first-order valence-electron chi connectivity index (χ1n) is 7.53.